The van der Waals surface area contributed by atoms with Crippen molar-refractivity contribution >= 4 is 28.9 Å². The lowest BCUT2D eigenvalue weighted by molar-refractivity contribution is -0.384. The number of benzene rings is 1. The van der Waals surface area contributed by atoms with Crippen molar-refractivity contribution in [2.24, 2.45) is 5.92 Å². The van der Waals surface area contributed by atoms with Crippen molar-refractivity contribution in [3.05, 3.63) is 33.1 Å². The first-order chi connectivity index (χ1) is 9.82. The minimum atomic E-state index is -1.07. The van der Waals surface area contributed by atoms with Crippen LogP contribution in [0.4, 0.5) is 15.8 Å². The summed E-state index contributed by atoms with van der Waals surface area (Å²) in [5.41, 5.74) is -0.427. The molecule has 2 unspecified atom stereocenters. The lowest BCUT2D eigenvalue weighted by atomic mass is 10.0. The number of nitrogens with zero attached hydrogens (tertiary/aromatic N) is 2. The second kappa shape index (κ2) is 5.82. The molecule has 0 aliphatic carbocycles. The molecule has 0 spiro atoms. The molecule has 2 atom stereocenters. The number of hydrogen-bond acceptors (Lipinski definition) is 5. The van der Waals surface area contributed by atoms with Gasteiger partial charge in [-0.2, -0.15) is 0 Å². The molecule has 114 valence electrons. The van der Waals surface area contributed by atoms with Gasteiger partial charge in [0.05, 0.1) is 29.2 Å². The fourth-order valence-corrected chi connectivity index (χ4v) is 2.45. The standard InChI is InChI=1S/C12H12ClFN2O5/c1-15(11-5-21-4-6(11)12(17)18)9-3-8(14)7(13)2-10(9)16(19)20/h2-3,6,11H,4-5H2,1H3,(H,17,18). The summed E-state index contributed by atoms with van der Waals surface area (Å²) in [7, 11) is 1.46. The molecule has 9 heteroatoms. The Hall–Kier alpha value is -1.93. The number of carboxylic acid groups (broad SMARTS) is 1. The van der Waals surface area contributed by atoms with Gasteiger partial charge >= 0.3 is 5.97 Å². The summed E-state index contributed by atoms with van der Waals surface area (Å²) < 4.78 is 18.7. The first kappa shape index (κ1) is 15.5. The summed E-state index contributed by atoms with van der Waals surface area (Å²) in [6.45, 7) is 0.100. The highest BCUT2D eigenvalue weighted by Crippen LogP contribution is 2.35. The van der Waals surface area contributed by atoms with Crippen LogP contribution in [-0.2, 0) is 9.53 Å². The van der Waals surface area contributed by atoms with Gasteiger partial charge in [0.1, 0.15) is 17.4 Å². The Morgan fingerprint density at radius 2 is 2.24 bits per heavy atom. The number of carbonyl (C=O) groups is 1. The van der Waals surface area contributed by atoms with E-state index in [-0.39, 0.29) is 29.6 Å². The molecule has 1 aliphatic rings. The average molecular weight is 319 g/mol. The monoisotopic (exact) mass is 318 g/mol. The van der Waals surface area contributed by atoms with Gasteiger partial charge < -0.3 is 14.7 Å². The quantitative estimate of drug-likeness (QED) is 0.673. The van der Waals surface area contributed by atoms with Crippen molar-refractivity contribution in [2.45, 2.75) is 6.04 Å². The predicted molar refractivity (Wildman–Crippen MR) is 72.2 cm³/mol. The van der Waals surface area contributed by atoms with E-state index in [9.17, 15) is 19.3 Å². The van der Waals surface area contributed by atoms with E-state index in [1.165, 1.54) is 11.9 Å². The second-order valence-electron chi connectivity index (χ2n) is 4.67. The smallest absolute Gasteiger partial charge is 0.311 e. The maximum Gasteiger partial charge on any atom is 0.311 e. The highest BCUT2D eigenvalue weighted by molar-refractivity contribution is 6.31. The molecular weight excluding hydrogens is 307 g/mol. The van der Waals surface area contributed by atoms with Crippen molar-refractivity contribution in [3.63, 3.8) is 0 Å². The Labute approximate surface area is 124 Å². The van der Waals surface area contributed by atoms with Crippen molar-refractivity contribution in [1.82, 2.24) is 0 Å². The first-order valence-electron chi connectivity index (χ1n) is 5.99. The Morgan fingerprint density at radius 3 is 2.81 bits per heavy atom. The first-order valence-corrected chi connectivity index (χ1v) is 6.37. The average Bonchev–Trinajstić information content (AvgIpc) is 2.89. The molecule has 1 saturated heterocycles. The van der Waals surface area contributed by atoms with Crippen molar-refractivity contribution < 1.29 is 24.0 Å². The Morgan fingerprint density at radius 1 is 1.57 bits per heavy atom. The number of nitro benzene ring substituents is 1. The SMILES string of the molecule is CN(c1cc(F)c(Cl)cc1[N+](=O)[O-])C1COCC1C(=O)O. The predicted octanol–water partition coefficient (Wildman–Crippen LogP) is 1.92. The zero-order chi connectivity index (χ0) is 15.7. The number of nitro groups is 1. The molecule has 1 aromatic rings. The van der Waals surface area contributed by atoms with E-state index in [1.54, 1.807) is 0 Å². The molecule has 1 aliphatic heterocycles. The number of halogens is 2. The summed E-state index contributed by atoms with van der Waals surface area (Å²) in [5, 5.41) is 19.8. The third-order valence-electron chi connectivity index (χ3n) is 3.46. The number of carboxylic acids is 1. The van der Waals surface area contributed by atoms with E-state index < -0.39 is 28.7 Å². The van der Waals surface area contributed by atoms with Crippen LogP contribution in [0.5, 0.6) is 0 Å². The number of likely N-dealkylation sites (N-methyl/N-ethyl adjacent to an activating group) is 1. The van der Waals surface area contributed by atoms with E-state index in [0.29, 0.717) is 0 Å². The molecule has 0 radical (unpaired) electrons. The molecule has 21 heavy (non-hydrogen) atoms. The van der Waals surface area contributed by atoms with Gasteiger partial charge in [0.15, 0.2) is 0 Å². The van der Waals surface area contributed by atoms with Crippen molar-refractivity contribution in [3.8, 4) is 0 Å². The zero-order valence-corrected chi connectivity index (χ0v) is 11.7. The second-order valence-corrected chi connectivity index (χ2v) is 5.08. The Bertz CT molecular complexity index is 597. The molecule has 0 saturated carbocycles. The molecule has 2 rings (SSSR count). The summed E-state index contributed by atoms with van der Waals surface area (Å²) in [6.07, 6.45) is 0. The summed E-state index contributed by atoms with van der Waals surface area (Å²) in [4.78, 5) is 22.9. The molecule has 1 N–H and O–H groups in total. The van der Waals surface area contributed by atoms with E-state index in [4.69, 9.17) is 21.4 Å². The normalized spacial score (nSPS) is 21.3. The van der Waals surface area contributed by atoms with Gasteiger partial charge in [0, 0.05) is 19.2 Å². The summed E-state index contributed by atoms with van der Waals surface area (Å²) >= 11 is 5.56. The van der Waals surface area contributed by atoms with Crippen LogP contribution in [0.3, 0.4) is 0 Å². The highest BCUT2D eigenvalue weighted by Gasteiger charge is 2.38. The minimum absolute atomic E-state index is 0.00814. The van der Waals surface area contributed by atoms with Crippen LogP contribution < -0.4 is 4.90 Å². The molecule has 0 amide bonds. The van der Waals surface area contributed by atoms with Crippen LogP contribution >= 0.6 is 11.6 Å². The number of aliphatic carboxylic acids is 1. The number of rotatable bonds is 4. The van der Waals surface area contributed by atoms with E-state index >= 15 is 0 Å². The topological polar surface area (TPSA) is 92.9 Å². The molecule has 0 aromatic heterocycles. The van der Waals surface area contributed by atoms with Crippen LogP contribution in [0.2, 0.25) is 5.02 Å². The van der Waals surface area contributed by atoms with Crippen LogP contribution in [0, 0.1) is 21.8 Å². The molecular formula is C12H12ClFN2O5. The lowest BCUT2D eigenvalue weighted by Crippen LogP contribution is -2.41. The Kier molecular flexibility index (Phi) is 4.29. The molecule has 0 bridgehead atoms. The zero-order valence-electron chi connectivity index (χ0n) is 11.0. The molecule has 1 aromatic carbocycles. The molecule has 7 nitrogen and oxygen atoms in total. The maximum absolute atomic E-state index is 13.6. The van der Waals surface area contributed by atoms with Gasteiger partial charge in [-0.1, -0.05) is 11.6 Å². The fraction of sp³-hybridized carbons (Fsp3) is 0.417. The van der Waals surface area contributed by atoms with Gasteiger partial charge in [-0.25, -0.2) is 4.39 Å². The Balaban J connectivity index is 2.43. The minimum Gasteiger partial charge on any atom is -0.481 e. The summed E-state index contributed by atoms with van der Waals surface area (Å²) in [6, 6.07) is 1.22. The fourth-order valence-electron chi connectivity index (χ4n) is 2.29. The van der Waals surface area contributed by atoms with Crippen LogP contribution in [-0.4, -0.2) is 42.3 Å². The van der Waals surface area contributed by atoms with Crippen molar-refractivity contribution in [2.75, 3.05) is 25.2 Å². The van der Waals surface area contributed by atoms with Crippen LogP contribution in [0.1, 0.15) is 0 Å². The number of ether oxygens (including phenoxy) is 1. The summed E-state index contributed by atoms with van der Waals surface area (Å²) in [5.74, 6) is -2.72. The molecule has 1 fully saturated rings. The van der Waals surface area contributed by atoms with Gasteiger partial charge in [-0.15, -0.1) is 0 Å². The highest BCUT2D eigenvalue weighted by atomic mass is 35.5. The molecule has 1 heterocycles. The van der Waals surface area contributed by atoms with Gasteiger partial charge in [0.2, 0.25) is 0 Å². The van der Waals surface area contributed by atoms with Crippen LogP contribution in [0.25, 0.3) is 0 Å². The van der Waals surface area contributed by atoms with Gasteiger partial charge in [-0.05, 0) is 0 Å². The lowest BCUT2D eigenvalue weighted by Gasteiger charge is -2.28. The maximum atomic E-state index is 13.6. The number of hydrogen-bond donors (Lipinski definition) is 1. The van der Waals surface area contributed by atoms with Gasteiger partial charge in [0.25, 0.3) is 5.69 Å². The van der Waals surface area contributed by atoms with Crippen LogP contribution in [0.15, 0.2) is 12.1 Å². The van der Waals surface area contributed by atoms with Gasteiger partial charge in [-0.3, -0.25) is 14.9 Å². The van der Waals surface area contributed by atoms with Crippen molar-refractivity contribution in [1.29, 1.82) is 0 Å². The number of anilines is 1. The van der Waals surface area contributed by atoms with E-state index in [0.717, 1.165) is 12.1 Å². The third-order valence-corrected chi connectivity index (χ3v) is 3.75. The largest absolute Gasteiger partial charge is 0.481 e. The third kappa shape index (κ3) is 2.91. The van der Waals surface area contributed by atoms with E-state index in [1.807, 2.05) is 0 Å². The van der Waals surface area contributed by atoms with E-state index in [2.05, 4.69) is 0 Å².